The van der Waals surface area contributed by atoms with Gasteiger partial charge in [-0.1, -0.05) is 11.6 Å². The maximum Gasteiger partial charge on any atom is 0.274 e. The number of aromatic amines is 2. The van der Waals surface area contributed by atoms with Crippen LogP contribution in [-0.2, 0) is 13.2 Å². The summed E-state index contributed by atoms with van der Waals surface area (Å²) in [4.78, 5) is 21.0. The molecular weight excluding hydrogens is 358 g/mol. The standard InChI is InChI=1S/C17H18ClN5O3/c1-23(9-16-19-5-6-20-16)17(24)14-7-11(21-22-14)10-26-15-4-3-12(25-2)8-13(15)18/h3-8H,9-10H2,1-2H3,(H,19,20)(H,21,22). The molecule has 0 aliphatic heterocycles. The predicted molar refractivity (Wildman–Crippen MR) is 95.3 cm³/mol. The third-order valence-electron chi connectivity index (χ3n) is 3.66. The fraction of sp³-hybridized carbons (Fsp3) is 0.235. The van der Waals surface area contributed by atoms with Crippen LogP contribution in [0.2, 0.25) is 5.02 Å². The van der Waals surface area contributed by atoms with Crippen LogP contribution in [0.1, 0.15) is 22.0 Å². The maximum atomic E-state index is 12.4. The molecule has 2 heterocycles. The van der Waals surface area contributed by atoms with Crippen LogP contribution in [0.15, 0.2) is 36.7 Å². The van der Waals surface area contributed by atoms with E-state index < -0.39 is 0 Å². The van der Waals surface area contributed by atoms with Crippen LogP contribution in [0.4, 0.5) is 0 Å². The number of hydrogen-bond donors (Lipinski definition) is 2. The summed E-state index contributed by atoms with van der Waals surface area (Å²) >= 11 is 6.14. The van der Waals surface area contributed by atoms with Crippen molar-refractivity contribution >= 4 is 17.5 Å². The topological polar surface area (TPSA) is 96.1 Å². The van der Waals surface area contributed by atoms with Crippen molar-refractivity contribution in [1.29, 1.82) is 0 Å². The number of ether oxygens (including phenoxy) is 2. The highest BCUT2D eigenvalue weighted by Gasteiger charge is 2.16. The molecule has 2 aromatic heterocycles. The summed E-state index contributed by atoms with van der Waals surface area (Å²) in [6.45, 7) is 0.570. The van der Waals surface area contributed by atoms with Crippen molar-refractivity contribution in [2.24, 2.45) is 0 Å². The molecule has 2 N–H and O–H groups in total. The van der Waals surface area contributed by atoms with Crippen LogP contribution in [0, 0.1) is 0 Å². The van der Waals surface area contributed by atoms with Crippen LogP contribution in [0.5, 0.6) is 11.5 Å². The quantitative estimate of drug-likeness (QED) is 0.661. The number of imidazole rings is 1. The Morgan fingerprint density at radius 1 is 1.35 bits per heavy atom. The monoisotopic (exact) mass is 375 g/mol. The number of nitrogens with one attached hydrogen (secondary N) is 2. The minimum absolute atomic E-state index is 0.203. The Bertz CT molecular complexity index is 878. The lowest BCUT2D eigenvalue weighted by Gasteiger charge is -2.13. The number of aromatic nitrogens is 4. The van der Waals surface area contributed by atoms with Crippen molar-refractivity contribution in [3.05, 3.63) is 58.9 Å². The summed E-state index contributed by atoms with van der Waals surface area (Å²) in [7, 11) is 3.26. The van der Waals surface area contributed by atoms with Crippen molar-refractivity contribution in [2.45, 2.75) is 13.2 Å². The van der Waals surface area contributed by atoms with Crippen LogP contribution in [0.25, 0.3) is 0 Å². The zero-order valence-corrected chi connectivity index (χ0v) is 15.1. The smallest absolute Gasteiger partial charge is 0.274 e. The average molecular weight is 376 g/mol. The van der Waals surface area contributed by atoms with Crippen molar-refractivity contribution < 1.29 is 14.3 Å². The molecule has 0 saturated heterocycles. The highest BCUT2D eigenvalue weighted by Crippen LogP contribution is 2.29. The van der Waals surface area contributed by atoms with E-state index >= 15 is 0 Å². The lowest BCUT2D eigenvalue weighted by molar-refractivity contribution is 0.0776. The van der Waals surface area contributed by atoms with Crippen molar-refractivity contribution in [2.75, 3.05) is 14.2 Å². The van der Waals surface area contributed by atoms with E-state index in [0.29, 0.717) is 40.3 Å². The van der Waals surface area contributed by atoms with E-state index in [1.165, 1.54) is 4.90 Å². The molecule has 9 heteroatoms. The molecule has 136 valence electrons. The van der Waals surface area contributed by atoms with E-state index in [4.69, 9.17) is 21.1 Å². The van der Waals surface area contributed by atoms with E-state index in [9.17, 15) is 4.79 Å². The SMILES string of the molecule is COc1ccc(OCc2cc(C(=O)N(C)Cc3ncc[nH]3)n[nH]2)c(Cl)c1. The summed E-state index contributed by atoms with van der Waals surface area (Å²) in [5.74, 6) is 1.65. The molecule has 26 heavy (non-hydrogen) atoms. The number of nitrogens with zero attached hydrogens (tertiary/aromatic N) is 3. The molecule has 0 bridgehead atoms. The van der Waals surface area contributed by atoms with Gasteiger partial charge >= 0.3 is 0 Å². The Morgan fingerprint density at radius 2 is 2.19 bits per heavy atom. The largest absolute Gasteiger partial charge is 0.497 e. The normalized spacial score (nSPS) is 10.6. The van der Waals surface area contributed by atoms with E-state index in [-0.39, 0.29) is 12.5 Å². The minimum atomic E-state index is -0.216. The van der Waals surface area contributed by atoms with E-state index in [2.05, 4.69) is 20.2 Å². The fourth-order valence-electron chi connectivity index (χ4n) is 2.30. The van der Waals surface area contributed by atoms with E-state index in [1.54, 1.807) is 50.8 Å². The van der Waals surface area contributed by atoms with Crippen LogP contribution < -0.4 is 9.47 Å². The second kappa shape index (κ2) is 7.92. The Hall–Kier alpha value is -3.00. The molecule has 0 unspecified atom stereocenters. The summed E-state index contributed by atoms with van der Waals surface area (Å²) in [6.07, 6.45) is 3.35. The summed E-state index contributed by atoms with van der Waals surface area (Å²) in [6, 6.07) is 6.80. The van der Waals surface area contributed by atoms with Crippen LogP contribution in [-0.4, -0.2) is 45.1 Å². The highest BCUT2D eigenvalue weighted by atomic mass is 35.5. The van der Waals surface area contributed by atoms with Gasteiger partial charge in [-0.15, -0.1) is 0 Å². The van der Waals surface area contributed by atoms with E-state index in [0.717, 1.165) is 0 Å². The number of benzene rings is 1. The molecular formula is C17H18ClN5O3. The third-order valence-corrected chi connectivity index (χ3v) is 3.96. The lowest BCUT2D eigenvalue weighted by atomic mass is 10.3. The molecule has 0 radical (unpaired) electrons. The summed E-state index contributed by atoms with van der Waals surface area (Å²) in [5, 5.41) is 7.29. The zero-order valence-electron chi connectivity index (χ0n) is 14.3. The fourth-order valence-corrected chi connectivity index (χ4v) is 2.53. The summed E-state index contributed by atoms with van der Waals surface area (Å²) < 4.78 is 10.8. The van der Waals surface area contributed by atoms with Gasteiger partial charge in [-0.25, -0.2) is 4.98 Å². The van der Waals surface area contributed by atoms with Gasteiger partial charge in [0.1, 0.15) is 23.9 Å². The van der Waals surface area contributed by atoms with Crippen LogP contribution in [0.3, 0.4) is 0 Å². The molecule has 0 aliphatic rings. The van der Waals surface area contributed by atoms with Crippen molar-refractivity contribution in [3.63, 3.8) is 0 Å². The molecule has 1 amide bonds. The average Bonchev–Trinajstić information content (AvgIpc) is 3.31. The molecule has 0 aliphatic carbocycles. The van der Waals surface area contributed by atoms with E-state index in [1.807, 2.05) is 0 Å². The Morgan fingerprint density at radius 3 is 2.88 bits per heavy atom. The molecule has 0 saturated carbocycles. The number of methoxy groups -OCH3 is 1. The molecule has 0 atom stereocenters. The predicted octanol–water partition coefficient (Wildman–Crippen LogP) is 2.65. The van der Waals surface area contributed by atoms with Gasteiger partial charge in [0.25, 0.3) is 5.91 Å². The molecule has 0 fully saturated rings. The van der Waals surface area contributed by atoms with Gasteiger partial charge in [0.05, 0.1) is 24.4 Å². The highest BCUT2D eigenvalue weighted by molar-refractivity contribution is 6.32. The molecule has 3 rings (SSSR count). The lowest BCUT2D eigenvalue weighted by Crippen LogP contribution is -2.27. The first-order chi connectivity index (χ1) is 12.6. The number of rotatable bonds is 7. The number of carbonyl (C=O) groups excluding carboxylic acids is 1. The molecule has 3 aromatic rings. The van der Waals surface area contributed by atoms with Gasteiger partial charge in [0, 0.05) is 25.5 Å². The van der Waals surface area contributed by atoms with Gasteiger partial charge in [-0.3, -0.25) is 9.89 Å². The van der Waals surface area contributed by atoms with Gasteiger partial charge in [0.2, 0.25) is 0 Å². The van der Waals surface area contributed by atoms with Gasteiger partial charge < -0.3 is 19.4 Å². The second-order valence-electron chi connectivity index (χ2n) is 5.56. The van der Waals surface area contributed by atoms with Crippen molar-refractivity contribution in [1.82, 2.24) is 25.1 Å². The maximum absolute atomic E-state index is 12.4. The van der Waals surface area contributed by atoms with Crippen LogP contribution >= 0.6 is 11.6 Å². The summed E-state index contributed by atoms with van der Waals surface area (Å²) in [5.41, 5.74) is 0.963. The number of hydrogen-bond acceptors (Lipinski definition) is 5. The van der Waals surface area contributed by atoms with Gasteiger partial charge in [0.15, 0.2) is 5.69 Å². The number of H-pyrrole nitrogens is 2. The first-order valence-electron chi connectivity index (χ1n) is 7.81. The minimum Gasteiger partial charge on any atom is -0.497 e. The first kappa shape index (κ1) is 17.8. The van der Waals surface area contributed by atoms with Gasteiger partial charge in [-0.05, 0) is 18.2 Å². The number of amides is 1. The third kappa shape index (κ3) is 4.15. The molecule has 8 nitrogen and oxygen atoms in total. The zero-order chi connectivity index (χ0) is 18.5. The molecule has 1 aromatic carbocycles. The Labute approximate surface area is 155 Å². The van der Waals surface area contributed by atoms with Crippen molar-refractivity contribution in [3.8, 4) is 11.5 Å². The molecule has 0 spiro atoms. The Balaban J connectivity index is 1.60. The van der Waals surface area contributed by atoms with Gasteiger partial charge in [-0.2, -0.15) is 5.10 Å². The number of halogens is 1. The second-order valence-corrected chi connectivity index (χ2v) is 5.97. The Kier molecular flexibility index (Phi) is 5.43. The number of carbonyl (C=O) groups is 1. The first-order valence-corrected chi connectivity index (χ1v) is 8.19.